The van der Waals surface area contributed by atoms with Crippen molar-refractivity contribution < 1.29 is 4.74 Å². The van der Waals surface area contributed by atoms with Gasteiger partial charge in [0.05, 0.1) is 28.8 Å². The van der Waals surface area contributed by atoms with Crippen molar-refractivity contribution in [3.63, 3.8) is 0 Å². The van der Waals surface area contributed by atoms with E-state index in [1.54, 1.807) is 41.2 Å². The van der Waals surface area contributed by atoms with Crippen LogP contribution >= 0.6 is 23.4 Å². The van der Waals surface area contributed by atoms with Gasteiger partial charge in [0, 0.05) is 30.8 Å². The predicted octanol–water partition coefficient (Wildman–Crippen LogP) is 2.92. The Morgan fingerprint density at radius 1 is 1.23 bits per heavy atom. The molecule has 0 amide bonds. The van der Waals surface area contributed by atoms with Crippen LogP contribution in [0, 0.1) is 0 Å². The molecule has 0 radical (unpaired) electrons. The second-order valence-corrected chi connectivity index (χ2v) is 8.65. The molecule has 1 aliphatic rings. The molecule has 158 valence electrons. The van der Waals surface area contributed by atoms with Gasteiger partial charge in [0.1, 0.15) is 5.65 Å². The summed E-state index contributed by atoms with van der Waals surface area (Å²) in [6.07, 6.45) is 5.04. The van der Waals surface area contributed by atoms with E-state index >= 15 is 0 Å². The van der Waals surface area contributed by atoms with Crippen molar-refractivity contribution in [1.82, 2.24) is 23.9 Å². The lowest BCUT2D eigenvalue weighted by Gasteiger charge is -2.16. The lowest BCUT2D eigenvalue weighted by molar-refractivity contribution is 0.0937. The van der Waals surface area contributed by atoms with Gasteiger partial charge in [-0.2, -0.15) is 0 Å². The molecule has 4 aromatic rings. The number of ether oxygens (including phenoxy) is 1. The highest BCUT2D eigenvalue weighted by Crippen LogP contribution is 2.23. The van der Waals surface area contributed by atoms with E-state index in [9.17, 15) is 9.59 Å². The molecule has 5 rings (SSSR count). The summed E-state index contributed by atoms with van der Waals surface area (Å²) in [5.41, 5.74) is 1.15. The van der Waals surface area contributed by atoms with Crippen LogP contribution in [-0.4, -0.2) is 36.6 Å². The monoisotopic (exact) mass is 455 g/mol. The van der Waals surface area contributed by atoms with E-state index < -0.39 is 0 Å². The standard InChI is InChI=1S/C21H18ClN5O3S/c22-13-5-6-17-24-14(9-18(28)26(17)10-13)12-31-21-25-19-16(4-1-7-23-19)20(29)27(21)11-15-3-2-8-30-15/h1,4-7,9-10,15H,2-3,8,11-12H2. The third-order valence-electron chi connectivity index (χ3n) is 5.13. The van der Waals surface area contributed by atoms with Gasteiger partial charge < -0.3 is 4.74 Å². The first kappa shape index (κ1) is 20.2. The molecule has 8 nitrogen and oxygen atoms in total. The van der Waals surface area contributed by atoms with E-state index in [1.807, 2.05) is 0 Å². The van der Waals surface area contributed by atoms with Crippen LogP contribution in [-0.2, 0) is 17.0 Å². The number of halogens is 1. The Morgan fingerprint density at radius 2 is 2.13 bits per heavy atom. The van der Waals surface area contributed by atoms with Crippen LogP contribution in [0.4, 0.5) is 0 Å². The third-order valence-corrected chi connectivity index (χ3v) is 6.36. The summed E-state index contributed by atoms with van der Waals surface area (Å²) >= 11 is 7.33. The number of thioether (sulfide) groups is 1. The Labute approximate surface area is 185 Å². The number of pyridine rings is 2. The third kappa shape index (κ3) is 4.08. The maximum atomic E-state index is 13.1. The number of hydrogen-bond acceptors (Lipinski definition) is 7. The summed E-state index contributed by atoms with van der Waals surface area (Å²) < 4.78 is 8.79. The maximum Gasteiger partial charge on any atom is 0.263 e. The van der Waals surface area contributed by atoms with Crippen molar-refractivity contribution in [2.75, 3.05) is 6.61 Å². The van der Waals surface area contributed by atoms with Crippen LogP contribution < -0.4 is 11.1 Å². The summed E-state index contributed by atoms with van der Waals surface area (Å²) in [4.78, 5) is 39.0. The first-order valence-corrected chi connectivity index (χ1v) is 11.2. The topological polar surface area (TPSA) is 91.4 Å². The van der Waals surface area contributed by atoms with E-state index in [2.05, 4.69) is 15.0 Å². The largest absolute Gasteiger partial charge is 0.376 e. The average Bonchev–Trinajstić information content (AvgIpc) is 3.28. The fourth-order valence-electron chi connectivity index (χ4n) is 3.64. The van der Waals surface area contributed by atoms with Crippen molar-refractivity contribution in [1.29, 1.82) is 0 Å². The van der Waals surface area contributed by atoms with Crippen LogP contribution in [0.5, 0.6) is 0 Å². The van der Waals surface area contributed by atoms with Crippen LogP contribution in [0.1, 0.15) is 18.5 Å². The molecule has 0 aliphatic carbocycles. The van der Waals surface area contributed by atoms with E-state index in [0.29, 0.717) is 51.5 Å². The number of nitrogens with zero attached hydrogens (tertiary/aromatic N) is 5. The van der Waals surface area contributed by atoms with E-state index in [4.69, 9.17) is 16.3 Å². The number of hydrogen-bond donors (Lipinski definition) is 0. The molecule has 0 N–H and O–H groups in total. The molecule has 31 heavy (non-hydrogen) atoms. The van der Waals surface area contributed by atoms with Gasteiger partial charge in [-0.3, -0.25) is 18.6 Å². The van der Waals surface area contributed by atoms with Crippen LogP contribution in [0.25, 0.3) is 16.7 Å². The van der Waals surface area contributed by atoms with Crippen molar-refractivity contribution in [2.45, 2.75) is 36.4 Å². The molecular weight excluding hydrogens is 438 g/mol. The molecule has 1 saturated heterocycles. The molecule has 0 spiro atoms. The Hall–Kier alpha value is -2.75. The fraction of sp³-hybridized carbons (Fsp3) is 0.286. The summed E-state index contributed by atoms with van der Waals surface area (Å²) in [6, 6.07) is 8.32. The zero-order valence-electron chi connectivity index (χ0n) is 16.4. The van der Waals surface area contributed by atoms with Crippen molar-refractivity contribution in [3.8, 4) is 0 Å². The summed E-state index contributed by atoms with van der Waals surface area (Å²) in [5.74, 6) is 0.380. The van der Waals surface area contributed by atoms with Crippen LogP contribution in [0.3, 0.4) is 0 Å². The minimum atomic E-state index is -0.215. The average molecular weight is 456 g/mol. The van der Waals surface area contributed by atoms with E-state index in [-0.39, 0.29) is 17.2 Å². The number of aromatic nitrogens is 5. The molecule has 5 heterocycles. The maximum absolute atomic E-state index is 13.1. The highest BCUT2D eigenvalue weighted by molar-refractivity contribution is 7.98. The Morgan fingerprint density at radius 3 is 2.97 bits per heavy atom. The molecule has 4 aromatic heterocycles. The number of fused-ring (bicyclic) bond motifs is 2. The Kier molecular flexibility index (Phi) is 5.47. The molecule has 0 aromatic carbocycles. The Bertz CT molecular complexity index is 1400. The minimum Gasteiger partial charge on any atom is -0.376 e. The summed E-state index contributed by atoms with van der Waals surface area (Å²) in [5, 5.41) is 1.47. The zero-order valence-corrected chi connectivity index (χ0v) is 18.0. The van der Waals surface area contributed by atoms with Gasteiger partial charge in [0.15, 0.2) is 10.8 Å². The highest BCUT2D eigenvalue weighted by Gasteiger charge is 2.20. The predicted molar refractivity (Wildman–Crippen MR) is 119 cm³/mol. The van der Waals surface area contributed by atoms with Crippen molar-refractivity contribution >= 4 is 40.0 Å². The van der Waals surface area contributed by atoms with Gasteiger partial charge in [0.2, 0.25) is 0 Å². The van der Waals surface area contributed by atoms with Crippen LogP contribution in [0.2, 0.25) is 5.02 Å². The normalized spacial score (nSPS) is 16.4. The molecule has 10 heteroatoms. The van der Waals surface area contributed by atoms with Gasteiger partial charge in [-0.05, 0) is 37.1 Å². The second-order valence-electron chi connectivity index (χ2n) is 7.27. The van der Waals surface area contributed by atoms with Crippen molar-refractivity contribution in [3.05, 3.63) is 74.1 Å². The van der Waals surface area contributed by atoms with E-state index in [1.165, 1.54) is 22.2 Å². The van der Waals surface area contributed by atoms with Crippen molar-refractivity contribution in [2.24, 2.45) is 0 Å². The smallest absolute Gasteiger partial charge is 0.263 e. The van der Waals surface area contributed by atoms with E-state index in [0.717, 1.165) is 12.8 Å². The molecule has 1 atom stereocenters. The lowest BCUT2D eigenvalue weighted by Crippen LogP contribution is -2.29. The molecule has 1 unspecified atom stereocenters. The molecule has 0 saturated carbocycles. The number of rotatable bonds is 5. The lowest BCUT2D eigenvalue weighted by atomic mass is 10.2. The fourth-order valence-corrected chi connectivity index (χ4v) is 4.69. The SMILES string of the molecule is O=c1c2cccnc2nc(SCc2cc(=O)n3cc(Cl)ccc3n2)n1CC1CCCO1. The second kappa shape index (κ2) is 8.41. The van der Waals surface area contributed by atoms with Gasteiger partial charge in [0.25, 0.3) is 11.1 Å². The molecule has 1 aliphatic heterocycles. The van der Waals surface area contributed by atoms with Crippen LogP contribution in [0.15, 0.2) is 57.5 Å². The van der Waals surface area contributed by atoms with Gasteiger partial charge in [-0.25, -0.2) is 15.0 Å². The molecule has 1 fully saturated rings. The quantitative estimate of drug-likeness (QED) is 0.337. The van der Waals surface area contributed by atoms with Gasteiger partial charge >= 0.3 is 0 Å². The van der Waals surface area contributed by atoms with Gasteiger partial charge in [-0.15, -0.1) is 0 Å². The minimum absolute atomic E-state index is 0.0128. The van der Waals surface area contributed by atoms with Gasteiger partial charge in [-0.1, -0.05) is 23.4 Å². The molecule has 0 bridgehead atoms. The first-order valence-electron chi connectivity index (χ1n) is 9.86. The highest BCUT2D eigenvalue weighted by atomic mass is 35.5. The Balaban J connectivity index is 1.50. The summed E-state index contributed by atoms with van der Waals surface area (Å²) in [7, 11) is 0. The zero-order chi connectivity index (χ0) is 21.4. The molecular formula is C21H18ClN5O3S. The summed E-state index contributed by atoms with van der Waals surface area (Å²) in [6.45, 7) is 1.14. The first-order chi connectivity index (χ1) is 15.1.